The van der Waals surface area contributed by atoms with Crippen molar-refractivity contribution in [2.24, 2.45) is 0 Å². The Balaban J connectivity index is 5.03. The third kappa shape index (κ3) is 11.6. The SMILES string of the molecule is COCCOCO[C@H](/C=C/C(=O)OC(C)(C)C)[C@H](C)O[Si](C)(C)C(C)(C)C. The molecule has 6 nitrogen and oxygen atoms in total. The minimum atomic E-state index is -1.98. The largest absolute Gasteiger partial charge is 0.457 e. The summed E-state index contributed by atoms with van der Waals surface area (Å²) in [5, 5.41) is 0.0790. The number of carbonyl (C=O) groups excluding carboxylic acids is 1. The molecule has 0 heterocycles. The maximum absolute atomic E-state index is 12.0. The van der Waals surface area contributed by atoms with Crippen molar-refractivity contribution in [1.29, 1.82) is 0 Å². The molecule has 7 heteroatoms. The van der Waals surface area contributed by atoms with Crippen LogP contribution in [0.3, 0.4) is 0 Å². The lowest BCUT2D eigenvalue weighted by Gasteiger charge is -2.39. The molecule has 0 unspecified atom stereocenters. The monoisotopic (exact) mass is 404 g/mol. The number of rotatable bonds is 11. The molecule has 0 spiro atoms. The lowest BCUT2D eigenvalue weighted by molar-refractivity contribution is -0.148. The van der Waals surface area contributed by atoms with Crippen molar-refractivity contribution in [2.75, 3.05) is 27.1 Å². The number of hydrogen-bond acceptors (Lipinski definition) is 6. The second-order valence-electron chi connectivity index (χ2n) is 9.13. The van der Waals surface area contributed by atoms with E-state index in [1.165, 1.54) is 6.08 Å². The van der Waals surface area contributed by atoms with E-state index < -0.39 is 26.0 Å². The average Bonchev–Trinajstić information content (AvgIpc) is 2.46. The molecule has 0 aromatic heterocycles. The quantitative estimate of drug-likeness (QED) is 0.168. The molecule has 2 atom stereocenters. The summed E-state index contributed by atoms with van der Waals surface area (Å²) < 4.78 is 27.9. The van der Waals surface area contributed by atoms with Crippen LogP contribution < -0.4 is 0 Å². The van der Waals surface area contributed by atoms with Crippen LogP contribution in [0.4, 0.5) is 0 Å². The minimum absolute atomic E-state index is 0.0790. The number of carbonyl (C=O) groups is 1. The van der Waals surface area contributed by atoms with Crippen LogP contribution in [-0.4, -0.2) is 59.2 Å². The summed E-state index contributed by atoms with van der Waals surface area (Å²) in [5.41, 5.74) is -0.537. The van der Waals surface area contributed by atoms with Crippen LogP contribution in [0.25, 0.3) is 0 Å². The highest BCUT2D eigenvalue weighted by Crippen LogP contribution is 2.37. The Morgan fingerprint density at radius 3 is 2.15 bits per heavy atom. The summed E-state index contributed by atoms with van der Waals surface area (Å²) in [5.74, 6) is -0.407. The van der Waals surface area contributed by atoms with E-state index in [4.69, 9.17) is 23.4 Å². The van der Waals surface area contributed by atoms with E-state index in [9.17, 15) is 4.79 Å². The van der Waals surface area contributed by atoms with Gasteiger partial charge in [-0.2, -0.15) is 0 Å². The summed E-state index contributed by atoms with van der Waals surface area (Å²) in [4.78, 5) is 12.0. The Morgan fingerprint density at radius 2 is 1.67 bits per heavy atom. The number of hydrogen-bond donors (Lipinski definition) is 0. The topological polar surface area (TPSA) is 63.2 Å². The molecule has 0 fully saturated rings. The molecule has 160 valence electrons. The van der Waals surface area contributed by atoms with Crippen LogP contribution in [0.2, 0.25) is 18.1 Å². The van der Waals surface area contributed by atoms with E-state index >= 15 is 0 Å². The van der Waals surface area contributed by atoms with Gasteiger partial charge in [0.2, 0.25) is 0 Å². The molecule has 0 saturated heterocycles. The van der Waals surface area contributed by atoms with Crippen LogP contribution in [0, 0.1) is 0 Å². The Bertz CT molecular complexity index is 462. The number of methoxy groups -OCH3 is 1. The molecule has 0 aliphatic heterocycles. The van der Waals surface area contributed by atoms with Crippen molar-refractivity contribution in [3.05, 3.63) is 12.2 Å². The molecule has 0 aromatic carbocycles. The Labute approximate surface area is 166 Å². The van der Waals surface area contributed by atoms with Gasteiger partial charge in [-0.05, 0) is 51.9 Å². The zero-order valence-corrected chi connectivity index (χ0v) is 19.9. The summed E-state index contributed by atoms with van der Waals surface area (Å²) >= 11 is 0. The zero-order valence-electron chi connectivity index (χ0n) is 18.9. The van der Waals surface area contributed by atoms with E-state index in [1.54, 1.807) is 13.2 Å². The fourth-order valence-corrected chi connectivity index (χ4v) is 3.31. The highest BCUT2D eigenvalue weighted by Gasteiger charge is 2.39. The fourth-order valence-electron chi connectivity index (χ4n) is 1.89. The maximum atomic E-state index is 12.0. The van der Waals surface area contributed by atoms with Gasteiger partial charge in [-0.15, -0.1) is 0 Å². The molecule has 0 rings (SSSR count). The molecule has 0 bridgehead atoms. The lowest BCUT2D eigenvalue weighted by Crippen LogP contribution is -2.46. The van der Waals surface area contributed by atoms with E-state index in [1.807, 2.05) is 27.7 Å². The third-order valence-electron chi connectivity index (χ3n) is 4.35. The van der Waals surface area contributed by atoms with Crippen molar-refractivity contribution in [2.45, 2.75) is 84.4 Å². The summed E-state index contributed by atoms with van der Waals surface area (Å²) in [7, 11) is -0.359. The molecule has 0 aromatic rings. The van der Waals surface area contributed by atoms with Crippen LogP contribution >= 0.6 is 0 Å². The first-order chi connectivity index (χ1) is 12.2. The second kappa shape index (κ2) is 11.3. The third-order valence-corrected chi connectivity index (χ3v) is 8.93. The van der Waals surface area contributed by atoms with Crippen LogP contribution in [0.1, 0.15) is 48.5 Å². The standard InChI is InChI=1S/C20H40O6Si/c1-16(26-27(9,10)20(5,6)7)17(24-15-23-14-13-22-8)11-12-18(21)25-19(2,3)4/h11-12,16-17H,13-15H2,1-10H3/b12-11+/t16-,17+/m0/s1. The van der Waals surface area contributed by atoms with Crippen LogP contribution in [-0.2, 0) is 28.2 Å². The van der Waals surface area contributed by atoms with Crippen molar-refractivity contribution in [1.82, 2.24) is 0 Å². The van der Waals surface area contributed by atoms with E-state index in [2.05, 4.69) is 33.9 Å². The van der Waals surface area contributed by atoms with Crippen molar-refractivity contribution >= 4 is 14.3 Å². The first kappa shape index (κ1) is 26.3. The molecule has 0 radical (unpaired) electrons. The predicted molar refractivity (Wildman–Crippen MR) is 110 cm³/mol. The first-order valence-corrected chi connectivity index (χ1v) is 12.4. The molecule has 0 aliphatic rings. The smallest absolute Gasteiger partial charge is 0.331 e. The van der Waals surface area contributed by atoms with E-state index in [-0.39, 0.29) is 17.9 Å². The molecular formula is C20H40O6Si. The minimum Gasteiger partial charge on any atom is -0.457 e. The summed E-state index contributed by atoms with van der Waals surface area (Å²) in [6.45, 7) is 19.4. The fraction of sp³-hybridized carbons (Fsp3) is 0.850. The lowest BCUT2D eigenvalue weighted by atomic mass is 10.2. The van der Waals surface area contributed by atoms with Gasteiger partial charge in [-0.3, -0.25) is 0 Å². The van der Waals surface area contributed by atoms with Crippen LogP contribution in [0.15, 0.2) is 12.2 Å². The van der Waals surface area contributed by atoms with Crippen molar-refractivity contribution in [3.63, 3.8) is 0 Å². The number of ether oxygens (including phenoxy) is 4. The molecular weight excluding hydrogens is 364 g/mol. The summed E-state index contributed by atoms with van der Waals surface area (Å²) in [6.07, 6.45) is 2.44. The summed E-state index contributed by atoms with van der Waals surface area (Å²) in [6, 6.07) is 0. The van der Waals surface area contributed by atoms with Gasteiger partial charge in [0, 0.05) is 13.2 Å². The van der Waals surface area contributed by atoms with Crippen molar-refractivity contribution < 1.29 is 28.2 Å². The highest BCUT2D eigenvalue weighted by molar-refractivity contribution is 6.74. The van der Waals surface area contributed by atoms with Gasteiger partial charge >= 0.3 is 5.97 Å². The second-order valence-corrected chi connectivity index (χ2v) is 13.9. The van der Waals surface area contributed by atoms with Gasteiger partial charge in [0.05, 0.1) is 19.3 Å². The normalized spacial score (nSPS) is 15.8. The molecule has 0 saturated carbocycles. The van der Waals surface area contributed by atoms with Gasteiger partial charge in [-0.1, -0.05) is 20.8 Å². The van der Waals surface area contributed by atoms with E-state index in [0.29, 0.717) is 13.2 Å². The van der Waals surface area contributed by atoms with Gasteiger partial charge in [0.1, 0.15) is 18.5 Å². The highest BCUT2D eigenvalue weighted by atomic mass is 28.4. The van der Waals surface area contributed by atoms with E-state index in [0.717, 1.165) is 0 Å². The predicted octanol–water partition coefficient (Wildman–Crippen LogP) is 4.30. The zero-order chi connectivity index (χ0) is 21.3. The number of esters is 1. The Morgan fingerprint density at radius 1 is 1.07 bits per heavy atom. The molecule has 27 heavy (non-hydrogen) atoms. The van der Waals surface area contributed by atoms with Gasteiger partial charge < -0.3 is 23.4 Å². The molecule has 0 N–H and O–H groups in total. The van der Waals surface area contributed by atoms with Gasteiger partial charge in [0.25, 0.3) is 0 Å². The Hall–Kier alpha value is -0.733. The first-order valence-electron chi connectivity index (χ1n) is 9.47. The molecule has 0 aliphatic carbocycles. The van der Waals surface area contributed by atoms with Gasteiger partial charge in [0.15, 0.2) is 8.32 Å². The Kier molecular flexibility index (Phi) is 11.0. The van der Waals surface area contributed by atoms with Crippen molar-refractivity contribution in [3.8, 4) is 0 Å². The van der Waals surface area contributed by atoms with Crippen LogP contribution in [0.5, 0.6) is 0 Å². The maximum Gasteiger partial charge on any atom is 0.331 e. The molecule has 0 amide bonds. The van der Waals surface area contributed by atoms with Gasteiger partial charge in [-0.25, -0.2) is 4.79 Å². The average molecular weight is 405 g/mol.